The number of ether oxygens (including phenoxy) is 3. The third-order valence-corrected chi connectivity index (χ3v) is 2.37. The van der Waals surface area contributed by atoms with Crippen LogP contribution < -0.4 is 5.32 Å². The fourth-order valence-electron chi connectivity index (χ4n) is 1.49. The van der Waals surface area contributed by atoms with Gasteiger partial charge in [0, 0.05) is 13.7 Å². The molecule has 0 saturated heterocycles. The first-order valence-corrected chi connectivity index (χ1v) is 6.80. The minimum absolute atomic E-state index is 0.104. The molecule has 0 aliphatic carbocycles. The molecule has 0 heterocycles. The predicted molar refractivity (Wildman–Crippen MR) is 75.0 cm³/mol. The van der Waals surface area contributed by atoms with E-state index in [-0.39, 0.29) is 5.92 Å². The van der Waals surface area contributed by atoms with Crippen LogP contribution in [0.4, 0.5) is 0 Å². The second kappa shape index (κ2) is 8.21. The van der Waals surface area contributed by atoms with Gasteiger partial charge in [-0.25, -0.2) is 4.79 Å². The highest BCUT2D eigenvalue weighted by Gasteiger charge is 2.31. The van der Waals surface area contributed by atoms with E-state index >= 15 is 0 Å². The van der Waals surface area contributed by atoms with Crippen molar-refractivity contribution in [3.05, 3.63) is 0 Å². The molecule has 0 radical (unpaired) electrons. The summed E-state index contributed by atoms with van der Waals surface area (Å²) >= 11 is 0. The molecule has 20 heavy (non-hydrogen) atoms. The zero-order valence-corrected chi connectivity index (χ0v) is 13.5. The fourth-order valence-corrected chi connectivity index (χ4v) is 1.49. The summed E-state index contributed by atoms with van der Waals surface area (Å²) in [5.74, 6) is -1.06. The van der Waals surface area contributed by atoms with Gasteiger partial charge in [0.25, 0.3) is 5.91 Å². The molecule has 2 atom stereocenters. The maximum Gasteiger partial charge on any atom is 0.329 e. The third kappa shape index (κ3) is 6.86. The lowest BCUT2D eigenvalue weighted by Crippen LogP contribution is -2.51. The first kappa shape index (κ1) is 18.9. The van der Waals surface area contributed by atoms with Crippen LogP contribution in [0.5, 0.6) is 0 Å². The van der Waals surface area contributed by atoms with Gasteiger partial charge in [-0.3, -0.25) is 4.79 Å². The molecule has 0 spiro atoms. The zero-order valence-electron chi connectivity index (χ0n) is 13.5. The van der Waals surface area contributed by atoms with Crippen molar-refractivity contribution in [2.24, 2.45) is 5.92 Å². The largest absolute Gasteiger partial charge is 0.458 e. The summed E-state index contributed by atoms with van der Waals surface area (Å²) in [7, 11) is 1.37. The van der Waals surface area contributed by atoms with E-state index in [1.807, 2.05) is 13.8 Å². The highest BCUT2D eigenvalue weighted by Crippen LogP contribution is 2.12. The van der Waals surface area contributed by atoms with Crippen LogP contribution in [0.3, 0.4) is 0 Å². The summed E-state index contributed by atoms with van der Waals surface area (Å²) in [4.78, 5) is 24.1. The lowest BCUT2D eigenvalue weighted by atomic mass is 10.0. The molecule has 118 valence electrons. The van der Waals surface area contributed by atoms with Crippen LogP contribution in [-0.2, 0) is 23.8 Å². The first-order chi connectivity index (χ1) is 9.12. The van der Waals surface area contributed by atoms with Crippen molar-refractivity contribution in [1.82, 2.24) is 5.32 Å². The van der Waals surface area contributed by atoms with Crippen molar-refractivity contribution in [2.45, 2.75) is 59.5 Å². The Labute approximate surface area is 121 Å². The average molecular weight is 289 g/mol. The molecule has 0 aromatic carbocycles. The number of carbonyl (C=O) groups excluding carboxylic acids is 2. The molecule has 0 saturated carbocycles. The fraction of sp³-hybridized carbons (Fsp3) is 0.857. The molecule has 0 aromatic heterocycles. The third-order valence-electron chi connectivity index (χ3n) is 2.37. The van der Waals surface area contributed by atoms with Crippen molar-refractivity contribution < 1.29 is 23.8 Å². The van der Waals surface area contributed by atoms with E-state index in [0.29, 0.717) is 6.61 Å². The van der Waals surface area contributed by atoms with E-state index in [2.05, 4.69) is 5.32 Å². The van der Waals surface area contributed by atoms with Gasteiger partial charge in [0.15, 0.2) is 0 Å². The van der Waals surface area contributed by atoms with E-state index in [4.69, 9.17) is 14.2 Å². The van der Waals surface area contributed by atoms with Crippen LogP contribution in [0, 0.1) is 5.92 Å². The summed E-state index contributed by atoms with van der Waals surface area (Å²) in [6.45, 7) is 11.1. The van der Waals surface area contributed by atoms with Crippen molar-refractivity contribution in [3.63, 3.8) is 0 Å². The van der Waals surface area contributed by atoms with Crippen molar-refractivity contribution in [1.29, 1.82) is 0 Å². The summed E-state index contributed by atoms with van der Waals surface area (Å²) in [6.07, 6.45) is -1.02. The van der Waals surface area contributed by atoms with Gasteiger partial charge in [-0.1, -0.05) is 13.8 Å². The molecule has 0 aliphatic rings. The summed E-state index contributed by atoms with van der Waals surface area (Å²) in [5.41, 5.74) is -0.602. The van der Waals surface area contributed by atoms with Gasteiger partial charge in [0.05, 0.1) is 0 Å². The number of hydrogen-bond acceptors (Lipinski definition) is 5. The van der Waals surface area contributed by atoms with Crippen molar-refractivity contribution >= 4 is 11.9 Å². The number of carbonyl (C=O) groups is 2. The molecular formula is C14H27NO5. The maximum atomic E-state index is 12.1. The van der Waals surface area contributed by atoms with E-state index in [1.165, 1.54) is 7.11 Å². The van der Waals surface area contributed by atoms with Gasteiger partial charge in [0.2, 0.25) is 6.29 Å². The molecule has 1 N–H and O–H groups in total. The smallest absolute Gasteiger partial charge is 0.329 e. The minimum Gasteiger partial charge on any atom is -0.458 e. The second-order valence-electron chi connectivity index (χ2n) is 5.79. The zero-order chi connectivity index (χ0) is 15.9. The maximum absolute atomic E-state index is 12.1. The molecule has 0 aliphatic heterocycles. The van der Waals surface area contributed by atoms with E-state index < -0.39 is 29.8 Å². The van der Waals surface area contributed by atoms with Crippen LogP contribution >= 0.6 is 0 Å². The summed E-state index contributed by atoms with van der Waals surface area (Å²) < 4.78 is 15.4. The highest BCUT2D eigenvalue weighted by molar-refractivity contribution is 5.86. The van der Waals surface area contributed by atoms with E-state index in [9.17, 15) is 9.59 Å². The Morgan fingerprint density at radius 2 is 1.75 bits per heavy atom. The molecule has 6 heteroatoms. The Balaban J connectivity index is 4.78. The number of methoxy groups -OCH3 is 1. The van der Waals surface area contributed by atoms with Gasteiger partial charge in [-0.2, -0.15) is 0 Å². The molecule has 1 amide bonds. The first-order valence-electron chi connectivity index (χ1n) is 6.80. The molecule has 6 nitrogen and oxygen atoms in total. The molecular weight excluding hydrogens is 262 g/mol. The Hall–Kier alpha value is -1.14. The Morgan fingerprint density at radius 3 is 2.10 bits per heavy atom. The van der Waals surface area contributed by atoms with Gasteiger partial charge in [-0.15, -0.1) is 0 Å². The number of amides is 1. The molecule has 0 bridgehead atoms. The molecule has 0 aromatic rings. The van der Waals surface area contributed by atoms with Crippen LogP contribution in [-0.4, -0.2) is 43.5 Å². The summed E-state index contributed by atoms with van der Waals surface area (Å²) in [5, 5.41) is 2.61. The van der Waals surface area contributed by atoms with Crippen LogP contribution in [0.25, 0.3) is 0 Å². The SMILES string of the molecule is CCOC(OC)C(=O)N[C@H](C(=O)OC(C)(C)C)C(C)C. The van der Waals surface area contributed by atoms with Crippen LogP contribution in [0.15, 0.2) is 0 Å². The van der Waals surface area contributed by atoms with Gasteiger partial charge < -0.3 is 19.5 Å². The van der Waals surface area contributed by atoms with Crippen LogP contribution in [0.1, 0.15) is 41.5 Å². The Morgan fingerprint density at radius 1 is 1.20 bits per heavy atom. The monoisotopic (exact) mass is 289 g/mol. The normalized spacial score (nSPS) is 14.8. The Kier molecular flexibility index (Phi) is 7.75. The Bertz CT molecular complexity index is 322. The number of hydrogen-bond donors (Lipinski definition) is 1. The number of esters is 1. The lowest BCUT2D eigenvalue weighted by Gasteiger charge is -2.27. The minimum atomic E-state index is -1.02. The highest BCUT2D eigenvalue weighted by atomic mass is 16.7. The topological polar surface area (TPSA) is 73.9 Å². The lowest BCUT2D eigenvalue weighted by molar-refractivity contribution is -0.170. The van der Waals surface area contributed by atoms with Gasteiger partial charge in [-0.05, 0) is 33.6 Å². The van der Waals surface area contributed by atoms with Crippen LogP contribution in [0.2, 0.25) is 0 Å². The standard InChI is InChI=1S/C14H27NO5/c1-8-19-13(18-7)11(16)15-10(9(2)3)12(17)20-14(4,5)6/h9-10,13H,8H2,1-7H3,(H,15,16)/t10-,13?/m0/s1. The summed E-state index contributed by atoms with van der Waals surface area (Å²) in [6, 6.07) is -0.736. The average Bonchev–Trinajstić information content (AvgIpc) is 2.29. The van der Waals surface area contributed by atoms with Gasteiger partial charge >= 0.3 is 5.97 Å². The number of nitrogens with one attached hydrogen (secondary N) is 1. The van der Waals surface area contributed by atoms with Crippen molar-refractivity contribution in [2.75, 3.05) is 13.7 Å². The second-order valence-corrected chi connectivity index (χ2v) is 5.79. The van der Waals surface area contributed by atoms with Gasteiger partial charge in [0.1, 0.15) is 11.6 Å². The van der Waals surface area contributed by atoms with Crippen molar-refractivity contribution in [3.8, 4) is 0 Å². The quantitative estimate of drug-likeness (QED) is 0.567. The van der Waals surface area contributed by atoms with E-state index in [1.54, 1.807) is 27.7 Å². The predicted octanol–water partition coefficient (Wildman–Crippen LogP) is 1.48. The number of rotatable bonds is 7. The molecule has 0 fully saturated rings. The molecule has 0 rings (SSSR count). The molecule has 1 unspecified atom stereocenters. The van der Waals surface area contributed by atoms with E-state index in [0.717, 1.165) is 0 Å².